The first-order valence-electron chi connectivity index (χ1n) is 12.5. The van der Waals surface area contributed by atoms with Crippen LogP contribution in [-0.4, -0.2) is 49.9 Å². The number of fused-ring (bicyclic) bond motifs is 3. The number of aliphatic hydroxyl groups excluding tert-OH is 1. The van der Waals surface area contributed by atoms with E-state index in [9.17, 15) is 9.50 Å². The molecule has 7 rings (SSSR count). The molecule has 5 aromatic rings. The Morgan fingerprint density at radius 1 is 1.08 bits per heavy atom. The Hall–Kier alpha value is -3.95. The largest absolute Gasteiger partial charge is 0.392 e. The van der Waals surface area contributed by atoms with Gasteiger partial charge in [-0.25, -0.2) is 14.4 Å². The molecule has 186 valence electrons. The van der Waals surface area contributed by atoms with Crippen molar-refractivity contribution >= 4 is 27.9 Å². The molecule has 3 atom stereocenters. The van der Waals surface area contributed by atoms with Gasteiger partial charge in [-0.3, -0.25) is 10.1 Å². The molecule has 1 aliphatic heterocycles. The molecule has 2 aromatic carbocycles. The maximum absolute atomic E-state index is 14.7. The number of H-pyrrole nitrogens is 1. The Kier molecular flexibility index (Phi) is 4.99. The number of pyridine rings is 1. The van der Waals surface area contributed by atoms with Gasteiger partial charge in [-0.05, 0) is 36.0 Å². The van der Waals surface area contributed by atoms with E-state index in [4.69, 9.17) is 15.7 Å². The summed E-state index contributed by atoms with van der Waals surface area (Å²) in [5.41, 5.74) is 11.1. The summed E-state index contributed by atoms with van der Waals surface area (Å²) in [7, 11) is 0. The summed E-state index contributed by atoms with van der Waals surface area (Å²) < 4.78 is 14.7. The van der Waals surface area contributed by atoms with Crippen LogP contribution in [0.5, 0.6) is 0 Å². The number of halogens is 1. The molecule has 4 heterocycles. The zero-order valence-electron chi connectivity index (χ0n) is 20.1. The maximum Gasteiger partial charge on any atom is 0.202 e. The average molecular weight is 496 g/mol. The van der Waals surface area contributed by atoms with Gasteiger partial charge in [0.25, 0.3) is 0 Å². The third-order valence-corrected chi connectivity index (χ3v) is 8.41. The van der Waals surface area contributed by atoms with Gasteiger partial charge >= 0.3 is 0 Å². The number of rotatable bonds is 5. The Morgan fingerprint density at radius 3 is 2.81 bits per heavy atom. The van der Waals surface area contributed by atoms with Crippen LogP contribution in [0.3, 0.4) is 0 Å². The molecule has 1 saturated heterocycles. The van der Waals surface area contributed by atoms with Gasteiger partial charge in [0.2, 0.25) is 5.65 Å². The fourth-order valence-corrected chi connectivity index (χ4v) is 6.54. The normalized spacial score (nSPS) is 22.9. The average Bonchev–Trinajstić information content (AvgIpc) is 3.41. The van der Waals surface area contributed by atoms with Crippen LogP contribution in [0.25, 0.3) is 33.3 Å². The molecular formula is C28H26FN7O. The number of nitrogens with one attached hydrogen (secondary N) is 1. The molecule has 1 aliphatic carbocycles. The zero-order chi connectivity index (χ0) is 25.1. The molecule has 0 radical (unpaired) electrons. The summed E-state index contributed by atoms with van der Waals surface area (Å²) in [6.07, 6.45) is 4.44. The van der Waals surface area contributed by atoms with Gasteiger partial charge in [-0.1, -0.05) is 36.4 Å². The van der Waals surface area contributed by atoms with Crippen molar-refractivity contribution in [2.24, 2.45) is 17.6 Å². The third-order valence-electron chi connectivity index (χ3n) is 8.41. The van der Waals surface area contributed by atoms with Crippen molar-refractivity contribution in [1.29, 1.82) is 0 Å². The molecular weight excluding hydrogens is 469 g/mol. The summed E-state index contributed by atoms with van der Waals surface area (Å²) in [4.78, 5) is 16.3. The summed E-state index contributed by atoms with van der Waals surface area (Å²) in [5.74, 6) is 1.24. The number of nitrogens with two attached hydrogens (primary N) is 1. The first-order valence-corrected chi connectivity index (χ1v) is 12.5. The van der Waals surface area contributed by atoms with E-state index in [1.54, 1.807) is 18.5 Å². The molecule has 37 heavy (non-hydrogen) atoms. The lowest BCUT2D eigenvalue weighted by Gasteiger charge is -2.26. The van der Waals surface area contributed by atoms with Gasteiger partial charge in [-0.2, -0.15) is 5.10 Å². The van der Waals surface area contributed by atoms with Crippen molar-refractivity contribution in [2.75, 3.05) is 24.5 Å². The fraction of sp³-hybridized carbons (Fsp3) is 0.286. The van der Waals surface area contributed by atoms with Crippen molar-refractivity contribution in [3.05, 3.63) is 77.9 Å². The molecule has 4 N–H and O–H groups in total. The van der Waals surface area contributed by atoms with Crippen molar-refractivity contribution in [2.45, 2.75) is 18.4 Å². The number of hydrogen-bond donors (Lipinski definition) is 3. The molecule has 8 nitrogen and oxygen atoms in total. The number of piperidine rings is 1. The van der Waals surface area contributed by atoms with Crippen molar-refractivity contribution in [1.82, 2.24) is 25.1 Å². The maximum atomic E-state index is 14.7. The number of aromatic amines is 1. The van der Waals surface area contributed by atoms with E-state index in [1.807, 2.05) is 36.4 Å². The van der Waals surface area contributed by atoms with Crippen LogP contribution in [0.2, 0.25) is 0 Å². The Labute approximate surface area is 212 Å². The van der Waals surface area contributed by atoms with Crippen molar-refractivity contribution in [3.8, 4) is 11.3 Å². The molecule has 2 aliphatic rings. The highest BCUT2D eigenvalue weighted by Crippen LogP contribution is 2.63. The minimum atomic E-state index is -0.313. The molecule has 3 aromatic heterocycles. The molecule has 0 unspecified atom stereocenters. The minimum Gasteiger partial charge on any atom is -0.392 e. The summed E-state index contributed by atoms with van der Waals surface area (Å²) in [6.45, 7) is 1.92. The van der Waals surface area contributed by atoms with E-state index in [1.165, 1.54) is 6.07 Å². The van der Waals surface area contributed by atoms with E-state index in [0.29, 0.717) is 23.6 Å². The second-order valence-electron chi connectivity index (χ2n) is 10.0. The predicted molar refractivity (Wildman–Crippen MR) is 139 cm³/mol. The summed E-state index contributed by atoms with van der Waals surface area (Å²) in [5, 5.41) is 18.2. The van der Waals surface area contributed by atoms with E-state index in [2.05, 4.69) is 20.1 Å². The van der Waals surface area contributed by atoms with Gasteiger partial charge in [0.05, 0.1) is 24.0 Å². The van der Waals surface area contributed by atoms with Gasteiger partial charge in [0.15, 0.2) is 0 Å². The lowest BCUT2D eigenvalue weighted by molar-refractivity contribution is 0.283. The lowest BCUT2D eigenvalue weighted by Crippen LogP contribution is -2.32. The van der Waals surface area contributed by atoms with Gasteiger partial charge in [0, 0.05) is 47.8 Å². The van der Waals surface area contributed by atoms with Gasteiger partial charge in [-0.15, -0.1) is 0 Å². The first-order chi connectivity index (χ1) is 18.2. The number of aromatic nitrogens is 5. The van der Waals surface area contributed by atoms with Crippen LogP contribution in [0.4, 0.5) is 10.2 Å². The number of anilines is 1. The monoisotopic (exact) mass is 495 g/mol. The van der Waals surface area contributed by atoms with Crippen LogP contribution in [0.15, 0.2) is 60.9 Å². The predicted octanol–water partition coefficient (Wildman–Crippen LogP) is 3.55. The van der Waals surface area contributed by atoms with Crippen LogP contribution in [-0.2, 0) is 12.0 Å². The van der Waals surface area contributed by atoms with E-state index < -0.39 is 0 Å². The van der Waals surface area contributed by atoms with E-state index >= 15 is 0 Å². The number of nitrogens with zero attached hydrogens (tertiary/aromatic N) is 5. The molecule has 0 bridgehead atoms. The highest BCUT2D eigenvalue weighted by molar-refractivity contribution is 6.01. The van der Waals surface area contributed by atoms with E-state index in [-0.39, 0.29) is 23.8 Å². The second-order valence-corrected chi connectivity index (χ2v) is 10.0. The van der Waals surface area contributed by atoms with Crippen molar-refractivity contribution in [3.63, 3.8) is 0 Å². The van der Waals surface area contributed by atoms with Crippen LogP contribution < -0.4 is 10.6 Å². The standard InChI is InChI=1S/C28H26FN7O/c29-22-6-2-1-5-20(22)28(15-30)19-9-11-36(13-21(19)28)23-12-32-26-25(34-35-27(26)33-23)18-8-7-16(14-37)24-17(18)4-3-10-31-24/h1-8,10,12,19,21,37H,9,11,13-15,30H2,(H,33,34,35)/t19-,21+,28-/m1/s1. The number of aliphatic hydroxyl groups is 1. The minimum absolute atomic E-state index is 0.0826. The fourth-order valence-electron chi connectivity index (χ4n) is 6.54. The zero-order valence-corrected chi connectivity index (χ0v) is 20.1. The summed E-state index contributed by atoms with van der Waals surface area (Å²) in [6, 6.07) is 14.7. The topological polar surface area (TPSA) is 117 Å². The molecule has 0 amide bonds. The highest BCUT2D eigenvalue weighted by atomic mass is 19.1. The van der Waals surface area contributed by atoms with Crippen LogP contribution >= 0.6 is 0 Å². The second kappa shape index (κ2) is 8.29. The highest BCUT2D eigenvalue weighted by Gasteiger charge is 2.66. The number of benzene rings is 2. The Balaban J connectivity index is 1.21. The molecule has 9 heteroatoms. The molecule has 1 saturated carbocycles. The Morgan fingerprint density at radius 2 is 1.97 bits per heavy atom. The van der Waals surface area contributed by atoms with Crippen LogP contribution in [0, 0.1) is 17.7 Å². The lowest BCUT2D eigenvalue weighted by atomic mass is 9.91. The molecule has 0 spiro atoms. The summed E-state index contributed by atoms with van der Waals surface area (Å²) >= 11 is 0. The van der Waals surface area contributed by atoms with E-state index in [0.717, 1.165) is 58.6 Å². The Bertz CT molecular complexity index is 1650. The quantitative estimate of drug-likeness (QED) is 0.341. The molecule has 2 fully saturated rings. The first kappa shape index (κ1) is 22.3. The van der Waals surface area contributed by atoms with Crippen LogP contribution in [0.1, 0.15) is 17.5 Å². The van der Waals surface area contributed by atoms with Gasteiger partial charge < -0.3 is 15.7 Å². The van der Waals surface area contributed by atoms with Crippen molar-refractivity contribution < 1.29 is 9.50 Å². The smallest absolute Gasteiger partial charge is 0.202 e. The number of hydrogen-bond acceptors (Lipinski definition) is 7. The third kappa shape index (κ3) is 3.20. The SMILES string of the molecule is NC[C@]1(c2ccccc2F)[C@@H]2CCN(c3cnc4c(-c5ccc(CO)c6ncccc56)[nH]nc4n3)C[C@@H]21. The van der Waals surface area contributed by atoms with Gasteiger partial charge in [0.1, 0.15) is 17.2 Å².